The molecule has 2 aromatic carbocycles. The maximum Gasteiger partial charge on any atom is 0.119 e. The fourth-order valence-corrected chi connectivity index (χ4v) is 3.62. The number of hydrogen-bond acceptors (Lipinski definition) is 3. The van der Waals surface area contributed by atoms with E-state index >= 15 is 0 Å². The lowest BCUT2D eigenvalue weighted by atomic mass is 10.0. The van der Waals surface area contributed by atoms with Gasteiger partial charge in [-0.25, -0.2) is 0 Å². The highest BCUT2D eigenvalue weighted by Gasteiger charge is 2.23. The minimum Gasteiger partial charge on any atom is -0.492 e. The maximum absolute atomic E-state index is 5.94. The molecule has 0 amide bonds. The zero-order valence-corrected chi connectivity index (χ0v) is 16.2. The van der Waals surface area contributed by atoms with Crippen LogP contribution >= 0.6 is 0 Å². The number of nitrogens with zero attached hydrogens (tertiary/aromatic N) is 2. The molecule has 1 aliphatic rings. The molecule has 3 heteroatoms. The van der Waals surface area contributed by atoms with Crippen LogP contribution in [0, 0.1) is 0 Å². The summed E-state index contributed by atoms with van der Waals surface area (Å²) in [5.74, 6) is 0.986. The van der Waals surface area contributed by atoms with Crippen LogP contribution in [-0.4, -0.2) is 56.2 Å². The van der Waals surface area contributed by atoms with Gasteiger partial charge in [0, 0.05) is 19.1 Å². The van der Waals surface area contributed by atoms with Crippen molar-refractivity contribution < 1.29 is 4.74 Å². The Morgan fingerprint density at radius 1 is 0.962 bits per heavy atom. The average molecular weight is 353 g/mol. The molecular formula is C23H32N2O. The van der Waals surface area contributed by atoms with Gasteiger partial charge in [0.15, 0.2) is 0 Å². The van der Waals surface area contributed by atoms with E-state index in [2.05, 4.69) is 78.5 Å². The molecule has 140 valence electrons. The Morgan fingerprint density at radius 2 is 1.65 bits per heavy atom. The Balaban J connectivity index is 1.34. The molecule has 0 unspecified atom stereocenters. The van der Waals surface area contributed by atoms with Gasteiger partial charge in [0.25, 0.3) is 0 Å². The Bertz CT molecular complexity index is 639. The molecule has 0 aromatic heterocycles. The third-order valence-corrected chi connectivity index (χ3v) is 5.35. The summed E-state index contributed by atoms with van der Waals surface area (Å²) in [5.41, 5.74) is 2.81. The van der Waals surface area contributed by atoms with Gasteiger partial charge in [0.05, 0.1) is 0 Å². The first kappa shape index (κ1) is 18.9. The quantitative estimate of drug-likeness (QED) is 0.681. The van der Waals surface area contributed by atoms with E-state index in [0.717, 1.165) is 38.3 Å². The first-order chi connectivity index (χ1) is 12.7. The highest BCUT2D eigenvalue weighted by atomic mass is 16.5. The molecule has 2 aromatic rings. The van der Waals surface area contributed by atoms with E-state index in [4.69, 9.17) is 4.74 Å². The van der Waals surface area contributed by atoms with Crippen molar-refractivity contribution in [2.45, 2.75) is 31.7 Å². The van der Waals surface area contributed by atoms with Crippen molar-refractivity contribution in [3.8, 4) is 5.75 Å². The molecule has 1 aliphatic heterocycles. The van der Waals surface area contributed by atoms with E-state index in [1.165, 1.54) is 30.5 Å². The van der Waals surface area contributed by atoms with Crippen molar-refractivity contribution >= 4 is 0 Å². The number of likely N-dealkylation sites (N-methyl/N-ethyl adjacent to an activating group) is 1. The molecule has 0 saturated carbocycles. The minimum atomic E-state index is 0.699. The molecular weight excluding hydrogens is 320 g/mol. The largest absolute Gasteiger partial charge is 0.492 e. The molecule has 1 fully saturated rings. The predicted molar refractivity (Wildman–Crippen MR) is 109 cm³/mol. The van der Waals surface area contributed by atoms with Gasteiger partial charge in [0.2, 0.25) is 0 Å². The zero-order valence-electron chi connectivity index (χ0n) is 16.2. The van der Waals surface area contributed by atoms with Gasteiger partial charge in [-0.05, 0) is 69.6 Å². The summed E-state index contributed by atoms with van der Waals surface area (Å²) in [6.45, 7) is 4.14. The van der Waals surface area contributed by atoms with Gasteiger partial charge < -0.3 is 9.64 Å². The van der Waals surface area contributed by atoms with Crippen molar-refractivity contribution in [1.29, 1.82) is 0 Å². The summed E-state index contributed by atoms with van der Waals surface area (Å²) in [7, 11) is 4.35. The van der Waals surface area contributed by atoms with Crippen LogP contribution in [0.1, 0.15) is 24.0 Å². The smallest absolute Gasteiger partial charge is 0.119 e. The highest BCUT2D eigenvalue weighted by Crippen LogP contribution is 2.16. The van der Waals surface area contributed by atoms with E-state index in [9.17, 15) is 0 Å². The van der Waals surface area contributed by atoms with Gasteiger partial charge in [0.1, 0.15) is 12.4 Å². The molecule has 0 aliphatic carbocycles. The van der Waals surface area contributed by atoms with Crippen LogP contribution in [0.15, 0.2) is 54.6 Å². The van der Waals surface area contributed by atoms with E-state index in [-0.39, 0.29) is 0 Å². The molecule has 0 spiro atoms. The van der Waals surface area contributed by atoms with Crippen LogP contribution in [0.3, 0.4) is 0 Å². The molecule has 0 radical (unpaired) electrons. The fourth-order valence-electron chi connectivity index (χ4n) is 3.62. The van der Waals surface area contributed by atoms with E-state index < -0.39 is 0 Å². The first-order valence-corrected chi connectivity index (χ1v) is 9.85. The van der Waals surface area contributed by atoms with Gasteiger partial charge in [-0.2, -0.15) is 0 Å². The number of benzene rings is 2. The monoisotopic (exact) mass is 352 g/mol. The maximum atomic E-state index is 5.94. The highest BCUT2D eigenvalue weighted by molar-refractivity contribution is 5.27. The lowest BCUT2D eigenvalue weighted by Gasteiger charge is -2.20. The van der Waals surface area contributed by atoms with Crippen LogP contribution in [0.2, 0.25) is 0 Å². The number of likely N-dealkylation sites (tertiary alicyclic amines) is 1. The second-order valence-electron chi connectivity index (χ2n) is 7.54. The average Bonchev–Trinajstić information content (AvgIpc) is 3.13. The minimum absolute atomic E-state index is 0.699. The molecule has 1 heterocycles. The summed E-state index contributed by atoms with van der Waals surface area (Å²) in [4.78, 5) is 4.83. The normalized spacial score (nSPS) is 17.7. The fraction of sp³-hybridized carbons (Fsp3) is 0.478. The summed E-state index contributed by atoms with van der Waals surface area (Å²) in [5, 5.41) is 0. The van der Waals surface area contributed by atoms with Crippen LogP contribution < -0.4 is 4.74 Å². The topological polar surface area (TPSA) is 15.7 Å². The lowest BCUT2D eigenvalue weighted by Crippen LogP contribution is -2.33. The van der Waals surface area contributed by atoms with Gasteiger partial charge in [-0.15, -0.1) is 0 Å². The Labute approximate surface area is 158 Å². The molecule has 1 atom stereocenters. The van der Waals surface area contributed by atoms with Crippen LogP contribution in [0.5, 0.6) is 5.75 Å². The van der Waals surface area contributed by atoms with E-state index in [1.54, 1.807) is 0 Å². The van der Waals surface area contributed by atoms with Crippen LogP contribution in [0.25, 0.3) is 0 Å². The molecule has 0 bridgehead atoms. The third kappa shape index (κ3) is 5.86. The van der Waals surface area contributed by atoms with Crippen LogP contribution in [-0.2, 0) is 12.8 Å². The van der Waals surface area contributed by atoms with Gasteiger partial charge >= 0.3 is 0 Å². The van der Waals surface area contributed by atoms with Crippen molar-refractivity contribution in [2.24, 2.45) is 0 Å². The second-order valence-corrected chi connectivity index (χ2v) is 7.54. The molecule has 1 saturated heterocycles. The van der Waals surface area contributed by atoms with Crippen molar-refractivity contribution in [2.75, 3.05) is 40.3 Å². The molecule has 3 nitrogen and oxygen atoms in total. The number of hydrogen-bond donors (Lipinski definition) is 0. The lowest BCUT2D eigenvalue weighted by molar-refractivity contribution is 0.220. The summed E-state index contributed by atoms with van der Waals surface area (Å²) in [6.07, 6.45) is 4.72. The van der Waals surface area contributed by atoms with Gasteiger partial charge in [-0.3, -0.25) is 4.90 Å². The third-order valence-electron chi connectivity index (χ3n) is 5.35. The molecule has 0 N–H and O–H groups in total. The first-order valence-electron chi connectivity index (χ1n) is 9.85. The summed E-state index contributed by atoms with van der Waals surface area (Å²) < 4.78 is 5.94. The van der Waals surface area contributed by atoms with Crippen molar-refractivity contribution in [3.63, 3.8) is 0 Å². The number of aryl methyl sites for hydroxylation is 2. The van der Waals surface area contributed by atoms with Crippen LogP contribution in [0.4, 0.5) is 0 Å². The Morgan fingerprint density at radius 3 is 2.31 bits per heavy atom. The number of ether oxygens (including phenoxy) is 1. The SMILES string of the molecule is CN(C)[C@H]1CCN(CCOc2ccc(CCCc3ccccc3)cc2)C1. The van der Waals surface area contributed by atoms with E-state index in [0.29, 0.717) is 6.04 Å². The standard InChI is InChI=1S/C23H32N2O/c1-24(2)22-15-16-25(19-22)17-18-26-23-13-11-21(12-14-23)10-6-9-20-7-4-3-5-8-20/h3-5,7-8,11-14,22H,6,9-10,15-19H2,1-2H3/t22-/m0/s1. The Hall–Kier alpha value is -1.84. The Kier molecular flexibility index (Phi) is 7.10. The zero-order chi connectivity index (χ0) is 18.2. The van der Waals surface area contributed by atoms with Crippen molar-refractivity contribution in [3.05, 3.63) is 65.7 Å². The van der Waals surface area contributed by atoms with E-state index in [1.807, 2.05) is 0 Å². The summed E-state index contributed by atoms with van der Waals surface area (Å²) >= 11 is 0. The number of rotatable bonds is 9. The predicted octanol–water partition coefficient (Wildman–Crippen LogP) is 3.88. The second kappa shape index (κ2) is 9.75. The molecule has 3 rings (SSSR count). The van der Waals surface area contributed by atoms with Crippen molar-refractivity contribution in [1.82, 2.24) is 9.80 Å². The molecule has 26 heavy (non-hydrogen) atoms. The summed E-state index contributed by atoms with van der Waals surface area (Å²) in [6, 6.07) is 20.1. The van der Waals surface area contributed by atoms with Gasteiger partial charge in [-0.1, -0.05) is 42.5 Å².